The van der Waals surface area contributed by atoms with Gasteiger partial charge in [0.15, 0.2) is 0 Å². The first-order chi connectivity index (χ1) is 8.92. The van der Waals surface area contributed by atoms with Crippen LogP contribution in [0.15, 0.2) is 23.1 Å². The first-order valence-electron chi connectivity index (χ1n) is 6.74. The first kappa shape index (κ1) is 14.5. The SMILES string of the molecule is Cc1cc(S(=O)(=O)NC(C)CC2CC2)ccc1CN. The summed E-state index contributed by atoms with van der Waals surface area (Å²) in [6.07, 6.45) is 3.39. The van der Waals surface area contributed by atoms with E-state index in [0.717, 1.165) is 17.5 Å². The number of hydrogen-bond acceptors (Lipinski definition) is 3. The Labute approximate surface area is 115 Å². The minimum absolute atomic E-state index is 0.00742. The van der Waals surface area contributed by atoms with Crippen LogP contribution in [0.4, 0.5) is 0 Å². The summed E-state index contributed by atoms with van der Waals surface area (Å²) in [6.45, 7) is 4.24. The van der Waals surface area contributed by atoms with Crippen LogP contribution in [0.3, 0.4) is 0 Å². The third-order valence-corrected chi connectivity index (χ3v) is 5.17. The Morgan fingerprint density at radius 2 is 2.11 bits per heavy atom. The molecule has 0 radical (unpaired) electrons. The molecule has 19 heavy (non-hydrogen) atoms. The van der Waals surface area contributed by atoms with Gasteiger partial charge in [0.1, 0.15) is 0 Å². The topological polar surface area (TPSA) is 72.2 Å². The van der Waals surface area contributed by atoms with Crippen LogP contribution in [0.2, 0.25) is 0 Å². The van der Waals surface area contributed by atoms with Crippen LogP contribution >= 0.6 is 0 Å². The monoisotopic (exact) mass is 282 g/mol. The number of benzene rings is 1. The lowest BCUT2D eigenvalue weighted by Gasteiger charge is -2.14. The molecule has 1 atom stereocenters. The molecule has 4 nitrogen and oxygen atoms in total. The molecule has 1 aliphatic carbocycles. The Morgan fingerprint density at radius 1 is 1.42 bits per heavy atom. The van der Waals surface area contributed by atoms with Gasteiger partial charge in [0.05, 0.1) is 4.90 Å². The van der Waals surface area contributed by atoms with Crippen LogP contribution < -0.4 is 10.5 Å². The Kier molecular flexibility index (Phi) is 4.28. The van der Waals surface area contributed by atoms with Crippen LogP contribution in [0.5, 0.6) is 0 Å². The summed E-state index contributed by atoms with van der Waals surface area (Å²) in [7, 11) is -3.42. The molecule has 1 unspecified atom stereocenters. The van der Waals surface area contributed by atoms with Crippen molar-refractivity contribution in [3.63, 3.8) is 0 Å². The van der Waals surface area contributed by atoms with Crippen LogP contribution in [-0.4, -0.2) is 14.5 Å². The van der Waals surface area contributed by atoms with Gasteiger partial charge < -0.3 is 5.73 Å². The number of sulfonamides is 1. The smallest absolute Gasteiger partial charge is 0.240 e. The van der Waals surface area contributed by atoms with Gasteiger partial charge >= 0.3 is 0 Å². The molecule has 0 aliphatic heterocycles. The van der Waals surface area contributed by atoms with Gasteiger partial charge in [0, 0.05) is 12.6 Å². The van der Waals surface area contributed by atoms with Crippen molar-refractivity contribution >= 4 is 10.0 Å². The standard InChI is InChI=1S/C14H22N2O2S/c1-10-7-14(6-5-13(10)9-15)19(17,18)16-11(2)8-12-3-4-12/h5-7,11-12,16H,3-4,8-9,15H2,1-2H3. The van der Waals surface area contributed by atoms with Crippen molar-refractivity contribution in [1.82, 2.24) is 4.72 Å². The summed E-state index contributed by atoms with van der Waals surface area (Å²) in [4.78, 5) is 0.324. The zero-order valence-electron chi connectivity index (χ0n) is 11.5. The van der Waals surface area contributed by atoms with E-state index in [2.05, 4.69) is 4.72 Å². The van der Waals surface area contributed by atoms with E-state index in [1.165, 1.54) is 12.8 Å². The summed E-state index contributed by atoms with van der Waals surface area (Å²) < 4.78 is 27.3. The molecule has 0 saturated heterocycles. The third-order valence-electron chi connectivity index (χ3n) is 3.58. The predicted octanol–water partition coefficient (Wildman–Crippen LogP) is 1.92. The molecule has 2 rings (SSSR count). The molecule has 1 aliphatic rings. The van der Waals surface area contributed by atoms with Crippen LogP contribution in [0.1, 0.15) is 37.3 Å². The Balaban J connectivity index is 2.11. The van der Waals surface area contributed by atoms with Crippen molar-refractivity contribution in [2.24, 2.45) is 11.7 Å². The Hall–Kier alpha value is -0.910. The van der Waals surface area contributed by atoms with E-state index >= 15 is 0 Å². The third kappa shape index (κ3) is 3.78. The van der Waals surface area contributed by atoms with Gasteiger partial charge in [0.2, 0.25) is 10.0 Å². The summed E-state index contributed by atoms with van der Waals surface area (Å²) in [5.41, 5.74) is 7.48. The van der Waals surface area contributed by atoms with Crippen LogP contribution in [-0.2, 0) is 16.6 Å². The first-order valence-corrected chi connectivity index (χ1v) is 8.22. The van der Waals surface area contributed by atoms with Crippen molar-refractivity contribution < 1.29 is 8.42 Å². The quantitative estimate of drug-likeness (QED) is 0.837. The maximum Gasteiger partial charge on any atom is 0.240 e. The Bertz CT molecular complexity index is 551. The van der Waals surface area contributed by atoms with Crippen LogP contribution in [0, 0.1) is 12.8 Å². The average Bonchev–Trinajstić information content (AvgIpc) is 3.11. The van der Waals surface area contributed by atoms with Crippen molar-refractivity contribution in [2.75, 3.05) is 0 Å². The van der Waals surface area contributed by atoms with E-state index in [0.29, 0.717) is 17.4 Å². The minimum Gasteiger partial charge on any atom is -0.326 e. The fourth-order valence-electron chi connectivity index (χ4n) is 2.30. The molecule has 1 aromatic carbocycles. The lowest BCUT2D eigenvalue weighted by Crippen LogP contribution is -2.33. The molecule has 1 aromatic rings. The second-order valence-electron chi connectivity index (χ2n) is 5.49. The van der Waals surface area contributed by atoms with Gasteiger partial charge in [-0.3, -0.25) is 0 Å². The number of nitrogens with one attached hydrogen (secondary N) is 1. The number of hydrogen-bond donors (Lipinski definition) is 2. The highest BCUT2D eigenvalue weighted by atomic mass is 32.2. The molecule has 1 fully saturated rings. The van der Waals surface area contributed by atoms with Crippen molar-refractivity contribution in [3.05, 3.63) is 29.3 Å². The van der Waals surface area contributed by atoms with E-state index in [4.69, 9.17) is 5.73 Å². The number of rotatable bonds is 6. The summed E-state index contributed by atoms with van der Waals surface area (Å²) in [5.74, 6) is 0.707. The normalized spacial score (nSPS) is 17.4. The summed E-state index contributed by atoms with van der Waals surface area (Å²) >= 11 is 0. The van der Waals surface area contributed by atoms with Crippen LogP contribution in [0.25, 0.3) is 0 Å². The van der Waals surface area contributed by atoms with E-state index in [1.807, 2.05) is 13.8 Å². The molecule has 0 aromatic heterocycles. The van der Waals surface area contributed by atoms with Crippen molar-refractivity contribution in [3.8, 4) is 0 Å². The maximum atomic E-state index is 12.3. The molecule has 0 heterocycles. The molecule has 0 amide bonds. The molecule has 0 bridgehead atoms. The fraction of sp³-hybridized carbons (Fsp3) is 0.571. The van der Waals surface area contributed by atoms with Gasteiger partial charge in [-0.2, -0.15) is 0 Å². The highest BCUT2D eigenvalue weighted by Crippen LogP contribution is 2.33. The van der Waals surface area contributed by atoms with Gasteiger partial charge in [-0.1, -0.05) is 18.9 Å². The van der Waals surface area contributed by atoms with Gasteiger partial charge in [-0.15, -0.1) is 0 Å². The molecule has 1 saturated carbocycles. The fourth-order valence-corrected chi connectivity index (χ4v) is 3.64. The van der Waals surface area contributed by atoms with Gasteiger partial charge in [-0.05, 0) is 49.4 Å². The lowest BCUT2D eigenvalue weighted by molar-refractivity contribution is 0.530. The zero-order valence-corrected chi connectivity index (χ0v) is 12.3. The minimum atomic E-state index is -3.42. The van der Waals surface area contributed by atoms with Crippen molar-refractivity contribution in [1.29, 1.82) is 0 Å². The van der Waals surface area contributed by atoms with Crippen molar-refractivity contribution in [2.45, 2.75) is 50.6 Å². The number of aryl methyl sites for hydroxylation is 1. The Morgan fingerprint density at radius 3 is 2.63 bits per heavy atom. The largest absolute Gasteiger partial charge is 0.326 e. The average molecular weight is 282 g/mol. The highest BCUT2D eigenvalue weighted by Gasteiger charge is 2.26. The molecule has 0 spiro atoms. The van der Waals surface area contributed by atoms with E-state index in [9.17, 15) is 8.42 Å². The summed E-state index contributed by atoms with van der Waals surface area (Å²) in [6, 6.07) is 5.09. The van der Waals surface area contributed by atoms with Gasteiger partial charge in [-0.25, -0.2) is 13.1 Å². The molecular weight excluding hydrogens is 260 g/mol. The molecule has 3 N–H and O–H groups in total. The van der Waals surface area contributed by atoms with E-state index in [1.54, 1.807) is 18.2 Å². The zero-order chi connectivity index (χ0) is 14.0. The highest BCUT2D eigenvalue weighted by molar-refractivity contribution is 7.89. The molecular formula is C14H22N2O2S. The second-order valence-corrected chi connectivity index (χ2v) is 7.21. The maximum absolute atomic E-state index is 12.3. The van der Waals surface area contributed by atoms with E-state index < -0.39 is 10.0 Å². The lowest BCUT2D eigenvalue weighted by atomic mass is 10.1. The molecule has 106 valence electrons. The summed E-state index contributed by atoms with van der Waals surface area (Å²) in [5, 5.41) is 0. The predicted molar refractivity (Wildman–Crippen MR) is 76.2 cm³/mol. The number of nitrogens with two attached hydrogens (primary N) is 1. The second kappa shape index (κ2) is 5.61. The van der Waals surface area contributed by atoms with Gasteiger partial charge in [0.25, 0.3) is 0 Å². The molecule has 5 heteroatoms. The van der Waals surface area contributed by atoms with E-state index in [-0.39, 0.29) is 6.04 Å².